The molecule has 3 aromatic carbocycles. The summed E-state index contributed by atoms with van der Waals surface area (Å²) in [7, 11) is 0. The maximum Gasteiger partial charge on any atom is 0.326 e. The molecule has 5 aromatic rings. The van der Waals surface area contributed by atoms with Gasteiger partial charge in [0.25, 0.3) is 11.1 Å². The highest BCUT2D eigenvalue weighted by Crippen LogP contribution is 2.34. The first-order valence-corrected chi connectivity index (χ1v) is 11.5. The van der Waals surface area contributed by atoms with Crippen molar-refractivity contribution in [2.45, 2.75) is 13.0 Å². The molecule has 1 atom stereocenters. The molecule has 7 nitrogen and oxygen atoms in total. The molecule has 2 aromatic heterocycles. The number of benzene rings is 3. The summed E-state index contributed by atoms with van der Waals surface area (Å²) in [6.07, 6.45) is 3.06. The number of fused-ring (bicyclic) bond motifs is 2. The molecule has 3 N–H and O–H groups in total. The molecule has 5 rings (SSSR count). The first kappa shape index (κ1) is 23.3. The lowest BCUT2D eigenvalue weighted by Gasteiger charge is -2.31. The van der Waals surface area contributed by atoms with Gasteiger partial charge in [-0.3, -0.25) is 14.5 Å². The molecule has 0 saturated heterocycles. The number of aromatic nitrogens is 2. The molecule has 0 bridgehead atoms. The summed E-state index contributed by atoms with van der Waals surface area (Å²) in [5.74, 6) is -0.605. The van der Waals surface area contributed by atoms with E-state index in [-0.39, 0.29) is 16.1 Å². The van der Waals surface area contributed by atoms with Crippen molar-refractivity contribution in [3.05, 3.63) is 116 Å². The van der Waals surface area contributed by atoms with Gasteiger partial charge in [0.2, 0.25) is 0 Å². The number of aromatic amines is 2. The Labute approximate surface area is 209 Å². The summed E-state index contributed by atoms with van der Waals surface area (Å²) in [4.78, 5) is 45.6. The number of anilines is 2. The third-order valence-corrected chi connectivity index (χ3v) is 6.41. The Hall–Kier alpha value is -4.43. The molecule has 0 spiro atoms. The van der Waals surface area contributed by atoms with Gasteiger partial charge < -0.3 is 15.3 Å². The number of nitrogens with one attached hydrogen (secondary N) is 3. The molecule has 0 fully saturated rings. The average molecular weight is 503 g/mol. The number of halogens is 2. The van der Waals surface area contributed by atoms with Gasteiger partial charge in [0.1, 0.15) is 5.82 Å². The number of hydrogen-bond donors (Lipinski definition) is 3. The highest BCUT2D eigenvalue weighted by Gasteiger charge is 2.27. The van der Waals surface area contributed by atoms with Crippen LogP contribution in [0.15, 0.2) is 88.7 Å². The highest BCUT2D eigenvalue weighted by atomic mass is 35.5. The number of urea groups is 1. The molecule has 9 heteroatoms. The Morgan fingerprint density at radius 2 is 1.47 bits per heavy atom. The van der Waals surface area contributed by atoms with Crippen LogP contribution in [-0.4, -0.2) is 16.0 Å². The van der Waals surface area contributed by atoms with Gasteiger partial charge in [-0.1, -0.05) is 48.0 Å². The normalized spacial score (nSPS) is 12.0. The second-order valence-corrected chi connectivity index (χ2v) is 8.68. The van der Waals surface area contributed by atoms with E-state index in [1.807, 2.05) is 19.1 Å². The predicted molar refractivity (Wildman–Crippen MR) is 140 cm³/mol. The van der Waals surface area contributed by atoms with Gasteiger partial charge in [0, 0.05) is 34.2 Å². The smallest absolute Gasteiger partial charge is 0.326 e. The van der Waals surface area contributed by atoms with Gasteiger partial charge in [0.15, 0.2) is 0 Å². The minimum atomic E-state index is -0.605. The Kier molecular flexibility index (Phi) is 6.03. The van der Waals surface area contributed by atoms with Gasteiger partial charge in [-0.25, -0.2) is 9.18 Å². The molecule has 0 unspecified atom stereocenters. The number of pyridine rings is 2. The number of carbonyl (C=O) groups excluding carboxylic acids is 1. The van der Waals surface area contributed by atoms with Crippen molar-refractivity contribution in [2.24, 2.45) is 0 Å². The Morgan fingerprint density at radius 1 is 0.889 bits per heavy atom. The molecule has 0 radical (unpaired) electrons. The third kappa shape index (κ3) is 4.12. The highest BCUT2D eigenvalue weighted by molar-refractivity contribution is 6.31. The van der Waals surface area contributed by atoms with E-state index < -0.39 is 17.9 Å². The van der Waals surface area contributed by atoms with Gasteiger partial charge in [-0.2, -0.15) is 0 Å². The Bertz CT molecular complexity index is 1750. The summed E-state index contributed by atoms with van der Waals surface area (Å²) in [5.41, 5.74) is 0.894. The molecular formula is C27H20ClFN4O3. The van der Waals surface area contributed by atoms with Crippen molar-refractivity contribution in [1.29, 1.82) is 0 Å². The van der Waals surface area contributed by atoms with E-state index >= 15 is 0 Å². The summed E-state index contributed by atoms with van der Waals surface area (Å²) >= 11 is 5.91. The van der Waals surface area contributed by atoms with Crippen LogP contribution in [0, 0.1) is 5.82 Å². The van der Waals surface area contributed by atoms with Crippen molar-refractivity contribution in [1.82, 2.24) is 9.97 Å². The largest absolute Gasteiger partial charge is 0.328 e. The lowest BCUT2D eigenvalue weighted by atomic mass is 10.0. The molecule has 0 aliphatic rings. The molecule has 180 valence electrons. The monoisotopic (exact) mass is 502 g/mol. The first-order valence-electron chi connectivity index (χ1n) is 11.1. The zero-order valence-electron chi connectivity index (χ0n) is 19.0. The zero-order valence-corrected chi connectivity index (χ0v) is 19.8. The van der Waals surface area contributed by atoms with Crippen LogP contribution in [-0.2, 0) is 0 Å². The summed E-state index contributed by atoms with van der Waals surface area (Å²) < 4.78 is 13.7. The van der Waals surface area contributed by atoms with E-state index in [1.54, 1.807) is 42.6 Å². The van der Waals surface area contributed by atoms with Crippen LogP contribution >= 0.6 is 11.6 Å². The number of nitrogens with zero attached hydrogens (tertiary/aromatic N) is 1. The van der Waals surface area contributed by atoms with Gasteiger partial charge >= 0.3 is 6.03 Å². The SMILES string of the molecule is C[C@H](c1c[nH]c(=O)c2ccccc12)N(C(=O)Nc1ccc(F)c(Cl)c1)c1c[nH]c(=O)c2ccccc12. The average Bonchev–Trinajstić information content (AvgIpc) is 2.88. The zero-order chi connectivity index (χ0) is 25.4. The molecule has 0 saturated carbocycles. The van der Waals surface area contributed by atoms with Crippen LogP contribution in [0.3, 0.4) is 0 Å². The molecule has 36 heavy (non-hydrogen) atoms. The molecule has 2 amide bonds. The number of H-pyrrole nitrogens is 2. The number of rotatable bonds is 4. The van der Waals surface area contributed by atoms with Crippen molar-refractivity contribution in [3.8, 4) is 0 Å². The Balaban J connectivity index is 1.69. The van der Waals surface area contributed by atoms with Crippen molar-refractivity contribution in [2.75, 3.05) is 10.2 Å². The fourth-order valence-corrected chi connectivity index (χ4v) is 4.54. The van der Waals surface area contributed by atoms with E-state index in [9.17, 15) is 18.8 Å². The van der Waals surface area contributed by atoms with E-state index in [0.717, 1.165) is 6.07 Å². The maximum atomic E-state index is 13.8. The van der Waals surface area contributed by atoms with E-state index in [4.69, 9.17) is 11.6 Å². The second-order valence-electron chi connectivity index (χ2n) is 8.27. The third-order valence-electron chi connectivity index (χ3n) is 6.12. The number of carbonyl (C=O) groups is 1. The van der Waals surface area contributed by atoms with Crippen LogP contribution in [0.5, 0.6) is 0 Å². The van der Waals surface area contributed by atoms with Crippen molar-refractivity contribution >= 4 is 50.6 Å². The van der Waals surface area contributed by atoms with Gasteiger partial charge in [-0.05, 0) is 48.2 Å². The first-order chi connectivity index (χ1) is 17.3. The van der Waals surface area contributed by atoms with E-state index in [2.05, 4.69) is 15.3 Å². The second kappa shape index (κ2) is 9.31. The van der Waals surface area contributed by atoms with Crippen LogP contribution in [0.4, 0.5) is 20.6 Å². The molecular weight excluding hydrogens is 483 g/mol. The summed E-state index contributed by atoms with van der Waals surface area (Å²) in [6, 6.07) is 16.8. The summed E-state index contributed by atoms with van der Waals surface area (Å²) in [5, 5.41) is 4.79. The number of amides is 2. The van der Waals surface area contributed by atoms with Crippen LogP contribution < -0.4 is 21.3 Å². The van der Waals surface area contributed by atoms with E-state index in [0.29, 0.717) is 38.5 Å². The fraction of sp³-hybridized carbons (Fsp3) is 0.0741. The van der Waals surface area contributed by atoms with Crippen LogP contribution in [0.1, 0.15) is 18.5 Å². The lowest BCUT2D eigenvalue weighted by Crippen LogP contribution is -2.38. The number of hydrogen-bond acceptors (Lipinski definition) is 3. The molecule has 0 aliphatic heterocycles. The quantitative estimate of drug-likeness (QED) is 0.283. The maximum absolute atomic E-state index is 13.8. The summed E-state index contributed by atoms with van der Waals surface area (Å²) in [6.45, 7) is 1.82. The Morgan fingerprint density at radius 3 is 2.14 bits per heavy atom. The van der Waals surface area contributed by atoms with Crippen molar-refractivity contribution < 1.29 is 9.18 Å². The molecule has 2 heterocycles. The topological polar surface area (TPSA) is 98.1 Å². The lowest BCUT2D eigenvalue weighted by molar-refractivity contribution is 0.255. The minimum absolute atomic E-state index is 0.131. The standard InChI is InChI=1S/C27H20ClFN4O3/c1-15(21-13-30-25(34)19-8-4-2-6-17(19)21)33(27(36)32-16-10-11-23(29)22(28)12-16)24-14-31-26(35)20-9-5-3-7-18(20)24/h2-15H,1H3,(H,30,34)(H,31,35)(H,32,36)/t15-/m1/s1. The fourth-order valence-electron chi connectivity index (χ4n) is 4.36. The van der Waals surface area contributed by atoms with Gasteiger partial charge in [0.05, 0.1) is 16.8 Å². The van der Waals surface area contributed by atoms with Crippen LogP contribution in [0.2, 0.25) is 5.02 Å². The van der Waals surface area contributed by atoms with Gasteiger partial charge in [-0.15, -0.1) is 0 Å². The van der Waals surface area contributed by atoms with Crippen molar-refractivity contribution in [3.63, 3.8) is 0 Å². The molecule has 0 aliphatic carbocycles. The minimum Gasteiger partial charge on any atom is -0.328 e. The predicted octanol–water partition coefficient (Wildman–Crippen LogP) is 5.96. The van der Waals surface area contributed by atoms with Crippen LogP contribution in [0.25, 0.3) is 21.5 Å². The van der Waals surface area contributed by atoms with E-state index in [1.165, 1.54) is 23.2 Å².